The molecule has 3 aromatic carbocycles. The van der Waals surface area contributed by atoms with Crippen molar-refractivity contribution >= 4 is 196 Å². The summed E-state index contributed by atoms with van der Waals surface area (Å²) in [5, 5.41) is 13.2. The summed E-state index contributed by atoms with van der Waals surface area (Å²) in [6, 6.07) is 11.2. The number of benzene rings is 3. The molecule has 3 aliphatic heterocycles. The summed E-state index contributed by atoms with van der Waals surface area (Å²) in [5.74, 6) is -2.31. The predicted molar refractivity (Wildman–Crippen MR) is 332 cm³/mol. The number of nitrogens with zero attached hydrogens (tertiary/aromatic N) is 3. The Morgan fingerprint density at radius 1 is 0.806 bits per heavy atom. The van der Waals surface area contributed by atoms with Gasteiger partial charge in [-0.1, -0.05) is 48.1 Å². The number of hydrogen-bond donors (Lipinski definition) is 4. The molecule has 1 saturated carbocycles. The van der Waals surface area contributed by atoms with Crippen LogP contribution in [-0.4, -0.2) is 101 Å². The number of fused-ring (bicyclic) bond motifs is 3. The van der Waals surface area contributed by atoms with Crippen LogP contribution in [0.4, 0.5) is 17.1 Å². The van der Waals surface area contributed by atoms with Crippen LogP contribution in [0, 0.1) is 34.3 Å². The maximum atomic E-state index is 14.4. The van der Waals surface area contributed by atoms with Crippen molar-refractivity contribution in [1.82, 2.24) is 4.90 Å². The minimum absolute atomic E-state index is 0.00599. The second-order valence-corrected chi connectivity index (χ2v) is 28.5. The maximum absolute atomic E-state index is 14.4. The number of nitrogens with one attached hydrogen (secondary N) is 1. The van der Waals surface area contributed by atoms with E-state index in [1.807, 2.05) is 85.2 Å². The molecule has 1 saturated heterocycles. The van der Waals surface area contributed by atoms with Gasteiger partial charge in [0.25, 0.3) is 20.2 Å². The highest BCUT2D eigenvalue weighted by atomic mass is 127. The molecule has 1 spiro atoms. The quantitative estimate of drug-likeness (QED) is 0.0329. The summed E-state index contributed by atoms with van der Waals surface area (Å²) in [7, 11) is -8.45. The number of allylic oxidation sites excluding steroid dienone is 8. The van der Waals surface area contributed by atoms with Crippen LogP contribution in [0.1, 0.15) is 81.4 Å². The van der Waals surface area contributed by atoms with E-state index in [-0.39, 0.29) is 43.5 Å². The molecule has 2 atom stereocenters. The number of likely N-dealkylation sites (tertiary alicyclic amines) is 1. The van der Waals surface area contributed by atoms with Gasteiger partial charge in [-0.25, -0.2) is 0 Å². The van der Waals surface area contributed by atoms with Gasteiger partial charge in [0, 0.05) is 87.0 Å². The van der Waals surface area contributed by atoms with Crippen LogP contribution in [0.5, 0.6) is 0 Å². The number of carboxylic acids is 1. The fraction of sp³-hybridized carbons (Fsp3) is 0.400. The molecule has 4 aliphatic rings. The molecule has 0 aromatic heterocycles. The van der Waals surface area contributed by atoms with Crippen LogP contribution in [0.2, 0.25) is 0 Å². The second-order valence-electron chi connectivity index (χ2n) is 18.7. The number of carboxylic acid groups (broad SMARTS) is 1. The van der Waals surface area contributed by atoms with Gasteiger partial charge in [-0.15, -0.1) is 0 Å². The van der Waals surface area contributed by atoms with Crippen molar-refractivity contribution in [3.05, 3.63) is 123 Å². The molecule has 3 aromatic rings. The Balaban J connectivity index is 1.19. The molecule has 14 nitrogen and oxygen atoms in total. The Morgan fingerprint density at radius 3 is 2.04 bits per heavy atom. The van der Waals surface area contributed by atoms with E-state index in [0.29, 0.717) is 56.6 Å². The normalized spacial score (nSPS) is 22.9. The summed E-state index contributed by atoms with van der Waals surface area (Å²) >= 11 is 13.9. The number of carbonyl (C=O) groups excluding carboxylic acids is 2. The van der Waals surface area contributed by atoms with Crippen molar-refractivity contribution in [2.45, 2.75) is 88.5 Å². The first-order chi connectivity index (χ1) is 33.9. The number of anilines is 2. The van der Waals surface area contributed by atoms with Crippen molar-refractivity contribution in [3.8, 4) is 0 Å². The van der Waals surface area contributed by atoms with Gasteiger partial charge in [0.2, 0.25) is 17.5 Å². The fourth-order valence-electron chi connectivity index (χ4n) is 10.7. The van der Waals surface area contributed by atoms with Crippen LogP contribution in [-0.2, 0) is 45.4 Å². The summed E-state index contributed by atoms with van der Waals surface area (Å²) in [6.07, 6.45) is 17.1. The lowest BCUT2D eigenvalue weighted by Crippen LogP contribution is -2.47. The molecule has 1 aliphatic carbocycles. The minimum atomic E-state index is -4.23. The summed E-state index contributed by atoms with van der Waals surface area (Å²) < 4.78 is 74.9. The smallest absolute Gasteiger partial charge is 0.304 e. The highest BCUT2D eigenvalue weighted by Gasteiger charge is 2.53. The molecule has 4 N–H and O–H groups in total. The van der Waals surface area contributed by atoms with Gasteiger partial charge in [0.05, 0.1) is 28.9 Å². The van der Waals surface area contributed by atoms with Crippen LogP contribution in [0.25, 0.3) is 0 Å². The van der Waals surface area contributed by atoms with Crippen molar-refractivity contribution in [2.75, 3.05) is 41.4 Å². The molecule has 22 heteroatoms. The number of halogens is 6. The van der Waals surface area contributed by atoms with E-state index in [4.69, 9.17) is 0 Å². The molecule has 3 heterocycles. The minimum Gasteiger partial charge on any atom is -0.481 e. The first kappa shape index (κ1) is 58.4. The van der Waals surface area contributed by atoms with Gasteiger partial charge >= 0.3 is 5.97 Å². The second kappa shape index (κ2) is 24.2. The Hall–Kier alpha value is -1.30. The monoisotopic (exact) mass is 1690 g/mol. The molecule has 386 valence electrons. The number of aliphatic carboxylic acids is 1. The topological polar surface area (TPSA) is 202 Å². The van der Waals surface area contributed by atoms with Crippen LogP contribution in [0.3, 0.4) is 0 Å². The summed E-state index contributed by atoms with van der Waals surface area (Å²) in [4.78, 5) is 44.4. The number of hydrogen-bond acceptors (Lipinski definition) is 8. The van der Waals surface area contributed by atoms with Crippen molar-refractivity contribution in [1.29, 1.82) is 0 Å². The van der Waals surface area contributed by atoms with E-state index in [1.165, 1.54) is 0 Å². The average Bonchev–Trinajstić information content (AvgIpc) is 3.95. The maximum Gasteiger partial charge on any atom is 0.304 e. The van der Waals surface area contributed by atoms with E-state index in [1.54, 1.807) is 4.90 Å². The van der Waals surface area contributed by atoms with E-state index in [2.05, 4.69) is 158 Å². The third-order valence-electron chi connectivity index (χ3n) is 13.9. The van der Waals surface area contributed by atoms with Gasteiger partial charge in [0.1, 0.15) is 12.6 Å². The third kappa shape index (κ3) is 13.0. The van der Waals surface area contributed by atoms with Crippen LogP contribution < -0.4 is 10.2 Å². The van der Waals surface area contributed by atoms with Crippen molar-refractivity contribution < 1.29 is 50.0 Å². The van der Waals surface area contributed by atoms with Gasteiger partial charge in [0.15, 0.2) is 5.71 Å². The molecular formula is C50H53I6N4O10S2+. The van der Waals surface area contributed by atoms with Crippen LogP contribution >= 0.6 is 136 Å². The first-order valence-electron chi connectivity index (χ1n) is 23.2. The van der Waals surface area contributed by atoms with Crippen molar-refractivity contribution in [3.63, 3.8) is 0 Å². The molecule has 0 bridgehead atoms. The lowest BCUT2D eigenvalue weighted by atomic mass is 9.65. The lowest BCUT2D eigenvalue weighted by Gasteiger charge is -2.41. The van der Waals surface area contributed by atoms with Gasteiger partial charge in [-0.2, -0.15) is 21.4 Å². The SMILES string of the molecule is Cc1ccc(NC(=O)C2CCCN2C(=O)C2CCC3(CC2)/C(=C/C=C/C=C/C=C/C2=[N+](CCCS(=O)(=O)O)c4cc(I)c(I)c(I)c4C2(C)CC(=O)O)N(CCCS(=O)(=O)O)c2cc(I)c(I)c(I)c23)cc1. The highest BCUT2D eigenvalue weighted by molar-refractivity contribution is 14.1. The Kier molecular flexibility index (Phi) is 19.6. The summed E-state index contributed by atoms with van der Waals surface area (Å²) in [6.45, 7) is 4.95. The zero-order chi connectivity index (χ0) is 52.5. The van der Waals surface area contributed by atoms with Crippen LogP contribution in [0.15, 0.2) is 84.6 Å². The zero-order valence-electron chi connectivity index (χ0n) is 39.2. The largest absolute Gasteiger partial charge is 0.481 e. The Labute approximate surface area is 503 Å². The molecule has 2 amide bonds. The molecule has 2 fully saturated rings. The Morgan fingerprint density at radius 2 is 1.40 bits per heavy atom. The average molecular weight is 1700 g/mol. The number of rotatable bonds is 17. The van der Waals surface area contributed by atoms with Gasteiger partial charge in [-0.3, -0.25) is 23.5 Å². The highest BCUT2D eigenvalue weighted by Crippen LogP contribution is 2.59. The van der Waals surface area contributed by atoms with Gasteiger partial charge in [-0.05, 0) is 219 Å². The fourth-order valence-corrected chi connectivity index (χ4v) is 16.9. The number of amides is 2. The molecule has 0 radical (unpaired) electrons. The number of aryl methyl sites for hydroxylation is 1. The molecular weight excluding hydrogens is 1640 g/mol. The summed E-state index contributed by atoms with van der Waals surface area (Å²) in [5.41, 5.74) is 5.70. The van der Waals surface area contributed by atoms with E-state index >= 15 is 0 Å². The van der Waals surface area contributed by atoms with E-state index in [9.17, 15) is 45.4 Å². The number of carbonyl (C=O) groups is 3. The molecule has 72 heavy (non-hydrogen) atoms. The first-order valence-corrected chi connectivity index (χ1v) is 32.9. The predicted octanol–water partition coefficient (Wildman–Crippen LogP) is 11.1. The van der Waals surface area contributed by atoms with E-state index in [0.717, 1.165) is 61.6 Å². The molecule has 7 rings (SSSR count). The third-order valence-corrected chi connectivity index (χ3v) is 25.7. The van der Waals surface area contributed by atoms with Crippen molar-refractivity contribution in [2.24, 2.45) is 5.92 Å². The Bertz CT molecular complexity index is 3060. The lowest BCUT2D eigenvalue weighted by molar-refractivity contribution is -0.437. The zero-order valence-corrected chi connectivity index (χ0v) is 53.8. The standard InChI is InChI=1S/C50H52I6N4O10S2/c1-30-14-16-32(17-15-30)57-47(63)35-11-8-22-60(35)48(64)31-18-20-50(21-19-31)39(59(24-10-26-72(68,69)70)37-28-34(52)44(54)46(56)42(37)50)13-7-5-3-4-6-12-38-49(2,29-40(61)62)41-36(27-33(51)43(53)45(41)55)58(38)23-9-25-71(65,66)67/h3-7,12-17,27-28,31,35H,8-11,18-26,29H2,1-2H3,(H3-,57,61,62,63,65,66,67,68,69,70)/p+1. The molecule has 2 unspecified atom stereocenters. The van der Waals surface area contributed by atoms with Gasteiger partial charge < -0.3 is 20.2 Å². The van der Waals surface area contributed by atoms with E-state index < -0.39 is 54.6 Å².